The third-order valence-corrected chi connectivity index (χ3v) is 2.62. The van der Waals surface area contributed by atoms with Crippen molar-refractivity contribution in [2.24, 2.45) is 11.5 Å². The van der Waals surface area contributed by atoms with Crippen molar-refractivity contribution in [3.63, 3.8) is 0 Å². The van der Waals surface area contributed by atoms with E-state index in [1.165, 1.54) is 0 Å². The maximum atomic E-state index is 10.4. The van der Waals surface area contributed by atoms with Crippen molar-refractivity contribution >= 4 is 5.97 Å². The van der Waals surface area contributed by atoms with Gasteiger partial charge in [0.15, 0.2) is 0 Å². The molecule has 0 spiro atoms. The minimum absolute atomic E-state index is 0. The van der Waals surface area contributed by atoms with Crippen LogP contribution in [0.2, 0.25) is 0 Å². The third kappa shape index (κ3) is 9.32. The van der Waals surface area contributed by atoms with Gasteiger partial charge in [-0.2, -0.15) is 0 Å². The summed E-state index contributed by atoms with van der Waals surface area (Å²) in [5, 5.41) is 10.4. The molecule has 2 unspecified atom stereocenters. The number of carboxylic acid groups (broad SMARTS) is 1. The van der Waals surface area contributed by atoms with E-state index in [4.69, 9.17) is 11.5 Å². The molecular weight excluding hydrogens is 248 g/mol. The van der Waals surface area contributed by atoms with Crippen molar-refractivity contribution in [2.45, 2.75) is 43.7 Å². The van der Waals surface area contributed by atoms with Crippen LogP contribution in [0, 0.1) is 0 Å². The molecule has 0 aliphatic heterocycles. The van der Waals surface area contributed by atoms with Crippen LogP contribution in [-0.4, -0.2) is 17.6 Å². The first-order valence-electron chi connectivity index (χ1n) is 4.29. The average Bonchev–Trinajstić information content (AvgIpc) is 1.94. The van der Waals surface area contributed by atoms with Crippen molar-refractivity contribution in [1.29, 1.82) is 0 Å². The molecule has 0 aromatic carbocycles. The van der Waals surface area contributed by atoms with Crippen LogP contribution in [0.15, 0.2) is 0 Å². The summed E-state index contributed by atoms with van der Waals surface area (Å²) in [7, 11) is 0. The monoisotopic (exact) mass is 263 g/mol. The predicted octanol–water partition coefficient (Wildman–Crippen LogP) is -13.3. The van der Waals surface area contributed by atoms with Crippen LogP contribution in [0.3, 0.4) is 0 Å². The number of nitrogens with two attached hydrogens (primary N) is 2. The molecule has 1 aliphatic rings. The van der Waals surface area contributed by atoms with Crippen molar-refractivity contribution in [3.8, 4) is 0 Å². The van der Waals surface area contributed by atoms with Gasteiger partial charge in [0.25, 0.3) is 0 Å². The summed E-state index contributed by atoms with van der Waals surface area (Å²) < 4.78 is 0. The summed E-state index contributed by atoms with van der Waals surface area (Å²) >= 11 is 0. The van der Waals surface area contributed by atoms with E-state index in [1.54, 1.807) is 0 Å². The molecule has 0 aromatic rings. The van der Waals surface area contributed by atoms with E-state index in [9.17, 15) is 9.90 Å². The fourth-order valence-corrected chi connectivity index (χ4v) is 1.78. The number of carbonyl (C=O) groups is 1. The minimum atomic E-state index is -1.10. The van der Waals surface area contributed by atoms with Gasteiger partial charge in [-0.25, -0.2) is 0 Å². The van der Waals surface area contributed by atoms with Gasteiger partial charge < -0.3 is 21.4 Å². The Balaban J connectivity index is -0.000000180. The molecule has 16 heavy (non-hydrogen) atoms. The Morgan fingerprint density at radius 1 is 1.25 bits per heavy atom. The molecular formula is C8H15N2Na4O2+3. The van der Waals surface area contributed by atoms with Gasteiger partial charge >= 0.3 is 118 Å². The van der Waals surface area contributed by atoms with Gasteiger partial charge in [-0.1, -0.05) is 12.8 Å². The maximum absolute atomic E-state index is 10.4. The Morgan fingerprint density at radius 2 is 1.75 bits per heavy atom. The number of hydrogen-bond acceptors (Lipinski definition) is 4. The number of aliphatic carboxylic acids is 1. The number of hydrogen-bond donors (Lipinski definition) is 2. The van der Waals surface area contributed by atoms with Crippen molar-refractivity contribution in [2.75, 3.05) is 0 Å². The first-order valence-corrected chi connectivity index (χ1v) is 4.29. The summed E-state index contributed by atoms with van der Waals surface area (Å²) in [5.41, 5.74) is 10.9. The second kappa shape index (κ2) is 13.4. The Kier molecular flexibility index (Phi) is 23.1. The minimum Gasteiger partial charge on any atom is -0.550 e. The summed E-state index contributed by atoms with van der Waals surface area (Å²) in [6.07, 6.45) is 3.42. The normalized spacial score (nSPS) is 27.2. The Morgan fingerprint density at radius 3 is 2.12 bits per heavy atom. The number of carboxylic acids is 1. The van der Waals surface area contributed by atoms with Gasteiger partial charge in [0.2, 0.25) is 0 Å². The summed E-state index contributed by atoms with van der Waals surface area (Å²) in [6.45, 7) is 0. The van der Waals surface area contributed by atoms with Gasteiger partial charge in [-0.3, -0.25) is 0 Å². The fourth-order valence-electron chi connectivity index (χ4n) is 1.78. The van der Waals surface area contributed by atoms with Crippen LogP contribution in [0.1, 0.15) is 32.1 Å². The maximum Gasteiger partial charge on any atom is 1.00 e. The van der Waals surface area contributed by atoms with Crippen molar-refractivity contribution < 1.29 is 128 Å². The Bertz CT molecular complexity index is 197. The molecule has 0 bridgehead atoms. The smallest absolute Gasteiger partial charge is 0.550 e. The molecule has 0 amide bonds. The second-order valence-electron chi connectivity index (χ2n) is 3.63. The van der Waals surface area contributed by atoms with Gasteiger partial charge in [-0.15, -0.1) is 0 Å². The SMILES string of the molecule is NC1CCCCC1(N)CC(=O)[O-].[Na+].[Na+].[Na+].[Na+]. The zero-order chi connectivity index (χ0) is 9.19. The molecule has 0 heterocycles. The number of carbonyl (C=O) groups excluding carboxylic acids is 1. The first-order chi connectivity index (χ1) is 5.54. The zero-order valence-electron chi connectivity index (χ0n) is 11.1. The predicted molar refractivity (Wildman–Crippen MR) is 43.0 cm³/mol. The summed E-state index contributed by atoms with van der Waals surface area (Å²) in [5.74, 6) is -1.10. The van der Waals surface area contributed by atoms with Gasteiger partial charge in [0.05, 0.1) is 0 Å². The molecule has 4 N–H and O–H groups in total. The van der Waals surface area contributed by atoms with Crippen molar-refractivity contribution in [1.82, 2.24) is 0 Å². The molecule has 0 radical (unpaired) electrons. The standard InChI is InChI=1S/C8H16N2O2.4Na/c9-6-3-1-2-4-8(6,10)5-7(11)12;;;;/h6H,1-5,9-10H2,(H,11,12);;;;/q;4*+1/p-1. The van der Waals surface area contributed by atoms with E-state index in [-0.39, 0.29) is 131 Å². The van der Waals surface area contributed by atoms with Crippen LogP contribution in [-0.2, 0) is 4.79 Å². The topological polar surface area (TPSA) is 92.2 Å². The van der Waals surface area contributed by atoms with E-state index < -0.39 is 11.5 Å². The van der Waals surface area contributed by atoms with Crippen LogP contribution in [0.4, 0.5) is 0 Å². The molecule has 0 aromatic heterocycles. The molecule has 1 fully saturated rings. The van der Waals surface area contributed by atoms with E-state index in [1.807, 2.05) is 0 Å². The molecule has 1 saturated carbocycles. The van der Waals surface area contributed by atoms with Gasteiger partial charge in [0, 0.05) is 24.0 Å². The van der Waals surface area contributed by atoms with Gasteiger partial charge in [-0.05, 0) is 12.8 Å². The summed E-state index contributed by atoms with van der Waals surface area (Å²) in [4.78, 5) is 10.4. The molecule has 1 rings (SSSR count). The quantitative estimate of drug-likeness (QED) is 0.484. The van der Waals surface area contributed by atoms with Crippen LogP contribution < -0.4 is 135 Å². The average molecular weight is 263 g/mol. The van der Waals surface area contributed by atoms with E-state index in [0.29, 0.717) is 6.42 Å². The summed E-state index contributed by atoms with van der Waals surface area (Å²) in [6, 6.07) is -0.191. The first kappa shape index (κ1) is 27.7. The van der Waals surface area contributed by atoms with Crippen LogP contribution >= 0.6 is 0 Å². The Labute approximate surface area is 186 Å². The van der Waals surface area contributed by atoms with E-state index >= 15 is 0 Å². The second-order valence-corrected chi connectivity index (χ2v) is 3.63. The molecule has 1 aliphatic carbocycles. The van der Waals surface area contributed by atoms with Crippen LogP contribution in [0.5, 0.6) is 0 Å². The van der Waals surface area contributed by atoms with Gasteiger partial charge in [0.1, 0.15) is 0 Å². The number of rotatable bonds is 2. The fraction of sp³-hybridized carbons (Fsp3) is 0.875. The molecule has 2 atom stereocenters. The van der Waals surface area contributed by atoms with E-state index in [2.05, 4.69) is 0 Å². The van der Waals surface area contributed by atoms with Crippen molar-refractivity contribution in [3.05, 3.63) is 0 Å². The Hall–Kier alpha value is 3.39. The molecule has 8 heteroatoms. The molecule has 70 valence electrons. The van der Waals surface area contributed by atoms with Crippen LogP contribution in [0.25, 0.3) is 0 Å². The third-order valence-electron chi connectivity index (χ3n) is 2.62. The molecule has 0 saturated heterocycles. The van der Waals surface area contributed by atoms with E-state index in [0.717, 1.165) is 19.3 Å². The largest absolute Gasteiger partial charge is 1.00 e. The molecule has 4 nitrogen and oxygen atoms in total. The zero-order valence-corrected chi connectivity index (χ0v) is 19.1.